The van der Waals surface area contributed by atoms with Crippen molar-refractivity contribution in [1.82, 2.24) is 0 Å². The summed E-state index contributed by atoms with van der Waals surface area (Å²) in [5, 5.41) is 0.714. The minimum atomic E-state index is -0.184. The molecule has 1 saturated carbocycles. The molecule has 0 aromatic heterocycles. The van der Waals surface area contributed by atoms with E-state index in [4.69, 9.17) is 22.1 Å². The lowest BCUT2D eigenvalue weighted by molar-refractivity contribution is 0.303. The van der Waals surface area contributed by atoms with Gasteiger partial charge in [0, 0.05) is 5.02 Å². The van der Waals surface area contributed by atoms with Gasteiger partial charge >= 0.3 is 0 Å². The third kappa shape index (κ3) is 2.97. The molecule has 0 spiro atoms. The second-order valence-corrected chi connectivity index (χ2v) is 5.80. The zero-order chi connectivity index (χ0) is 14.1. The first-order valence-corrected chi connectivity index (χ1v) is 7.29. The molecule has 1 aliphatic rings. The van der Waals surface area contributed by atoms with Crippen molar-refractivity contribution in [2.24, 2.45) is 5.73 Å². The fourth-order valence-electron chi connectivity index (χ4n) is 2.29. The molecular weight excluding hydrogens is 270 g/mol. The minimum absolute atomic E-state index is 0.184. The van der Waals surface area contributed by atoms with E-state index in [2.05, 4.69) is 6.92 Å². The van der Waals surface area contributed by atoms with Gasteiger partial charge in [0.25, 0.3) is 0 Å². The van der Waals surface area contributed by atoms with E-state index in [1.165, 1.54) is 0 Å². The summed E-state index contributed by atoms with van der Waals surface area (Å²) in [4.78, 5) is 0. The molecule has 1 fully saturated rings. The van der Waals surface area contributed by atoms with Gasteiger partial charge < -0.3 is 10.5 Å². The van der Waals surface area contributed by atoms with Gasteiger partial charge in [0.2, 0.25) is 0 Å². The molecule has 2 N–H and O–H groups in total. The number of halogens is 1. The van der Waals surface area contributed by atoms with E-state index in [1.54, 1.807) is 0 Å². The summed E-state index contributed by atoms with van der Waals surface area (Å²) in [7, 11) is 0. The number of aryl methyl sites for hydroxylation is 1. The number of hydrogen-bond donors (Lipinski definition) is 1. The molecule has 0 bridgehead atoms. The normalized spacial score (nSPS) is 15.9. The lowest BCUT2D eigenvalue weighted by Crippen LogP contribution is -2.13. The summed E-state index contributed by atoms with van der Waals surface area (Å²) in [6.07, 6.45) is 2.71. The van der Waals surface area contributed by atoms with Gasteiger partial charge in [-0.25, -0.2) is 0 Å². The minimum Gasteiger partial charge on any atom is -0.490 e. The largest absolute Gasteiger partial charge is 0.490 e. The van der Waals surface area contributed by atoms with Crippen LogP contribution in [0.4, 0.5) is 0 Å². The van der Waals surface area contributed by atoms with Gasteiger partial charge in [0.1, 0.15) is 5.75 Å². The molecule has 1 unspecified atom stereocenters. The molecule has 0 heterocycles. The molecule has 3 heteroatoms. The molecular formula is C17H18ClNO. The summed E-state index contributed by atoms with van der Waals surface area (Å²) in [5.74, 6) is 0.903. The molecule has 2 aromatic carbocycles. The monoisotopic (exact) mass is 287 g/mol. The van der Waals surface area contributed by atoms with Crippen LogP contribution in [0.25, 0.3) is 0 Å². The maximum atomic E-state index is 6.39. The fourth-order valence-corrected chi connectivity index (χ4v) is 2.47. The second-order valence-electron chi connectivity index (χ2n) is 5.37. The average molecular weight is 288 g/mol. The van der Waals surface area contributed by atoms with E-state index in [9.17, 15) is 0 Å². The van der Waals surface area contributed by atoms with Crippen molar-refractivity contribution in [3.8, 4) is 5.75 Å². The van der Waals surface area contributed by atoms with Crippen molar-refractivity contribution in [3.63, 3.8) is 0 Å². The Morgan fingerprint density at radius 1 is 1.20 bits per heavy atom. The Labute approximate surface area is 124 Å². The van der Waals surface area contributed by atoms with Crippen LogP contribution >= 0.6 is 11.6 Å². The molecule has 20 heavy (non-hydrogen) atoms. The van der Waals surface area contributed by atoms with Crippen molar-refractivity contribution in [2.75, 3.05) is 0 Å². The molecule has 0 amide bonds. The number of hydrogen-bond acceptors (Lipinski definition) is 2. The Morgan fingerprint density at radius 2 is 2.00 bits per heavy atom. The van der Waals surface area contributed by atoms with Crippen LogP contribution in [0.2, 0.25) is 5.02 Å². The van der Waals surface area contributed by atoms with Gasteiger partial charge in [0.15, 0.2) is 0 Å². The topological polar surface area (TPSA) is 35.2 Å². The number of benzene rings is 2. The smallest absolute Gasteiger partial charge is 0.120 e. The molecule has 0 saturated heterocycles. The number of nitrogens with two attached hydrogens (primary N) is 1. The van der Waals surface area contributed by atoms with Gasteiger partial charge in [-0.2, -0.15) is 0 Å². The van der Waals surface area contributed by atoms with E-state index < -0.39 is 0 Å². The molecule has 1 aliphatic carbocycles. The van der Waals surface area contributed by atoms with Crippen molar-refractivity contribution < 1.29 is 4.74 Å². The summed E-state index contributed by atoms with van der Waals surface area (Å²) in [6.45, 7) is 2.05. The Bertz CT molecular complexity index is 622. The summed E-state index contributed by atoms with van der Waals surface area (Å²) in [6, 6.07) is 13.7. The highest BCUT2D eigenvalue weighted by Crippen LogP contribution is 2.30. The maximum absolute atomic E-state index is 6.39. The molecule has 3 rings (SSSR count). The summed E-state index contributed by atoms with van der Waals surface area (Å²) < 4.78 is 5.82. The van der Waals surface area contributed by atoms with E-state index in [-0.39, 0.29) is 6.04 Å². The Balaban J connectivity index is 1.88. The quantitative estimate of drug-likeness (QED) is 0.913. The van der Waals surface area contributed by atoms with Crippen LogP contribution in [0.1, 0.15) is 35.6 Å². The first-order chi connectivity index (χ1) is 9.63. The van der Waals surface area contributed by atoms with E-state index in [0.29, 0.717) is 11.1 Å². The lowest BCUT2D eigenvalue weighted by atomic mass is 9.96. The van der Waals surface area contributed by atoms with Crippen LogP contribution in [0, 0.1) is 6.92 Å². The van der Waals surface area contributed by atoms with Gasteiger partial charge in [-0.1, -0.05) is 29.8 Å². The Kier molecular flexibility index (Phi) is 3.68. The standard InChI is InChI=1S/C17H18ClNO/c1-11-5-6-13(18)10-16(11)17(19)12-3-2-4-15(9-12)20-14-7-8-14/h2-6,9-10,14,17H,7-8,19H2,1H3. The average Bonchev–Trinajstić information content (AvgIpc) is 3.25. The highest BCUT2D eigenvalue weighted by atomic mass is 35.5. The van der Waals surface area contributed by atoms with E-state index in [0.717, 1.165) is 35.3 Å². The molecule has 0 radical (unpaired) electrons. The van der Waals surface area contributed by atoms with Gasteiger partial charge in [-0.3, -0.25) is 0 Å². The van der Waals surface area contributed by atoms with Crippen molar-refractivity contribution >= 4 is 11.6 Å². The molecule has 2 aromatic rings. The van der Waals surface area contributed by atoms with Gasteiger partial charge in [0.05, 0.1) is 12.1 Å². The zero-order valence-electron chi connectivity index (χ0n) is 11.5. The van der Waals surface area contributed by atoms with Gasteiger partial charge in [-0.15, -0.1) is 0 Å². The summed E-state index contributed by atoms with van der Waals surface area (Å²) >= 11 is 6.08. The second kappa shape index (κ2) is 5.47. The Hall–Kier alpha value is -1.51. The van der Waals surface area contributed by atoms with Crippen LogP contribution in [-0.2, 0) is 0 Å². The lowest BCUT2D eigenvalue weighted by Gasteiger charge is -2.16. The summed E-state index contributed by atoms with van der Waals surface area (Å²) in [5.41, 5.74) is 9.64. The van der Waals surface area contributed by atoms with Crippen LogP contribution in [0.5, 0.6) is 5.75 Å². The van der Waals surface area contributed by atoms with Crippen LogP contribution in [-0.4, -0.2) is 6.10 Å². The van der Waals surface area contributed by atoms with Crippen molar-refractivity contribution in [2.45, 2.75) is 31.9 Å². The zero-order valence-corrected chi connectivity index (χ0v) is 12.2. The highest BCUT2D eigenvalue weighted by molar-refractivity contribution is 6.30. The first-order valence-electron chi connectivity index (χ1n) is 6.92. The molecule has 104 valence electrons. The highest BCUT2D eigenvalue weighted by Gasteiger charge is 2.23. The fraction of sp³-hybridized carbons (Fsp3) is 0.294. The molecule has 0 aliphatic heterocycles. The number of ether oxygens (including phenoxy) is 1. The van der Waals surface area contributed by atoms with E-state index >= 15 is 0 Å². The molecule has 2 nitrogen and oxygen atoms in total. The predicted molar refractivity (Wildman–Crippen MR) is 82.3 cm³/mol. The maximum Gasteiger partial charge on any atom is 0.120 e. The van der Waals surface area contributed by atoms with Crippen LogP contribution in [0.3, 0.4) is 0 Å². The Morgan fingerprint density at radius 3 is 2.75 bits per heavy atom. The molecule has 1 atom stereocenters. The first kappa shape index (κ1) is 13.5. The number of rotatable bonds is 4. The van der Waals surface area contributed by atoms with Crippen LogP contribution < -0.4 is 10.5 Å². The third-order valence-corrected chi connectivity index (χ3v) is 3.86. The predicted octanol–water partition coefficient (Wildman–Crippen LogP) is 4.24. The van der Waals surface area contributed by atoms with E-state index in [1.807, 2.05) is 42.5 Å². The SMILES string of the molecule is Cc1ccc(Cl)cc1C(N)c1cccc(OC2CC2)c1. The van der Waals surface area contributed by atoms with Crippen molar-refractivity contribution in [3.05, 3.63) is 64.2 Å². The van der Waals surface area contributed by atoms with Crippen LogP contribution in [0.15, 0.2) is 42.5 Å². The van der Waals surface area contributed by atoms with Gasteiger partial charge in [-0.05, 0) is 60.7 Å². The van der Waals surface area contributed by atoms with Crippen molar-refractivity contribution in [1.29, 1.82) is 0 Å². The third-order valence-electron chi connectivity index (χ3n) is 3.62.